The van der Waals surface area contributed by atoms with Crippen molar-refractivity contribution in [1.82, 2.24) is 19.5 Å². The highest BCUT2D eigenvalue weighted by Gasteiger charge is 2.38. The summed E-state index contributed by atoms with van der Waals surface area (Å²) in [7, 11) is 0. The van der Waals surface area contributed by atoms with Crippen LogP contribution < -0.4 is 4.74 Å². The molecule has 57 heavy (non-hydrogen) atoms. The van der Waals surface area contributed by atoms with Gasteiger partial charge in [-0.2, -0.15) is 0 Å². The molecule has 2 aliphatic carbocycles. The lowest BCUT2D eigenvalue weighted by Gasteiger charge is -2.22. The number of hydrogen-bond donors (Lipinski definition) is 0. The van der Waals surface area contributed by atoms with E-state index in [9.17, 15) is 0 Å². The summed E-state index contributed by atoms with van der Waals surface area (Å²) in [5.41, 5.74) is 12.5. The van der Waals surface area contributed by atoms with Crippen molar-refractivity contribution in [2.75, 3.05) is 0 Å². The Balaban J connectivity index is 1.05. The van der Waals surface area contributed by atoms with Crippen LogP contribution in [0.3, 0.4) is 0 Å². The summed E-state index contributed by atoms with van der Waals surface area (Å²) < 4.78 is 8.99. The highest BCUT2D eigenvalue weighted by molar-refractivity contribution is 6.13. The van der Waals surface area contributed by atoms with Crippen molar-refractivity contribution in [2.24, 2.45) is 0 Å². The molecule has 270 valence electrons. The maximum Gasteiger partial charge on any atom is 0.167 e. The Kier molecular flexibility index (Phi) is 6.74. The van der Waals surface area contributed by atoms with E-state index in [1.807, 2.05) is 18.2 Å². The van der Waals surface area contributed by atoms with Gasteiger partial charge in [-0.3, -0.25) is 0 Å². The number of aromatic nitrogens is 4. The molecule has 9 aromatic rings. The number of para-hydroxylation sites is 2. The van der Waals surface area contributed by atoms with Gasteiger partial charge >= 0.3 is 0 Å². The molecule has 2 aromatic heterocycles. The lowest BCUT2D eigenvalue weighted by atomic mass is 9.82. The third kappa shape index (κ3) is 4.72. The monoisotopic (exact) mass is 732 g/mol. The third-order valence-corrected chi connectivity index (χ3v) is 12.4. The van der Waals surface area contributed by atoms with Crippen molar-refractivity contribution < 1.29 is 4.74 Å². The SMILES string of the molecule is CC1(C)c2cc3c(cc2-c2c1ccc1ccccc21)c1ccccc1n3-c1cccc(-c2nc(-c3ccccc3)nc(-c3cccc4c3OC3C=CC=CC43)n2)c1. The predicted molar refractivity (Wildman–Crippen MR) is 231 cm³/mol. The van der Waals surface area contributed by atoms with Crippen LogP contribution in [0.4, 0.5) is 0 Å². The van der Waals surface area contributed by atoms with Gasteiger partial charge in [0.1, 0.15) is 11.9 Å². The lowest BCUT2D eigenvalue weighted by molar-refractivity contribution is 0.269. The molecule has 2 unspecified atom stereocenters. The van der Waals surface area contributed by atoms with Crippen molar-refractivity contribution in [3.8, 4) is 56.7 Å². The molecule has 0 saturated heterocycles. The summed E-state index contributed by atoms with van der Waals surface area (Å²) in [6.45, 7) is 4.73. The largest absolute Gasteiger partial charge is 0.484 e. The average molecular weight is 733 g/mol. The van der Waals surface area contributed by atoms with Gasteiger partial charge in [-0.1, -0.05) is 141 Å². The molecule has 5 nitrogen and oxygen atoms in total. The number of ether oxygens (including phenoxy) is 1. The van der Waals surface area contributed by atoms with E-state index in [2.05, 4.69) is 170 Å². The first-order valence-electron chi connectivity index (χ1n) is 19.7. The number of rotatable bonds is 4. The molecule has 0 fully saturated rings. The molecule has 7 aromatic carbocycles. The van der Waals surface area contributed by atoms with E-state index in [1.54, 1.807) is 0 Å². The zero-order chi connectivity index (χ0) is 37.8. The Bertz CT molecular complexity index is 3210. The smallest absolute Gasteiger partial charge is 0.167 e. The van der Waals surface area contributed by atoms with Crippen molar-refractivity contribution in [2.45, 2.75) is 31.3 Å². The Labute approximate surface area is 330 Å². The second kappa shape index (κ2) is 11.9. The fourth-order valence-electron chi connectivity index (χ4n) is 9.61. The van der Waals surface area contributed by atoms with Crippen molar-refractivity contribution in [3.05, 3.63) is 187 Å². The number of benzene rings is 7. The molecule has 2 atom stereocenters. The molecular weight excluding hydrogens is 697 g/mol. The quantitative estimate of drug-likeness (QED) is 0.181. The van der Waals surface area contributed by atoms with Gasteiger partial charge in [-0.25, -0.2) is 15.0 Å². The molecule has 0 radical (unpaired) electrons. The molecule has 3 heterocycles. The highest BCUT2D eigenvalue weighted by Crippen LogP contribution is 2.53. The lowest BCUT2D eigenvalue weighted by Crippen LogP contribution is -2.15. The fourth-order valence-corrected chi connectivity index (χ4v) is 9.61. The molecule has 0 amide bonds. The zero-order valence-electron chi connectivity index (χ0n) is 31.5. The molecule has 1 aliphatic heterocycles. The summed E-state index contributed by atoms with van der Waals surface area (Å²) in [5.74, 6) is 2.83. The summed E-state index contributed by atoms with van der Waals surface area (Å²) in [6.07, 6.45) is 8.45. The van der Waals surface area contributed by atoms with Gasteiger partial charge in [0.2, 0.25) is 0 Å². The van der Waals surface area contributed by atoms with E-state index in [0.29, 0.717) is 17.5 Å². The first kappa shape index (κ1) is 32.2. The second-order valence-electron chi connectivity index (χ2n) is 15.9. The van der Waals surface area contributed by atoms with E-state index in [1.165, 1.54) is 49.3 Å². The Morgan fingerprint density at radius 3 is 2.18 bits per heavy atom. The van der Waals surface area contributed by atoms with Crippen LogP contribution in [0.1, 0.15) is 36.5 Å². The first-order chi connectivity index (χ1) is 28.0. The molecule has 0 N–H and O–H groups in total. The number of allylic oxidation sites excluding steroid dienone is 2. The molecule has 5 heteroatoms. The topological polar surface area (TPSA) is 52.8 Å². The normalized spacial score (nSPS) is 17.1. The molecule has 0 bridgehead atoms. The van der Waals surface area contributed by atoms with Gasteiger partial charge in [-0.15, -0.1) is 0 Å². The fraction of sp³-hybridized carbons (Fsp3) is 0.0962. The van der Waals surface area contributed by atoms with E-state index in [-0.39, 0.29) is 17.4 Å². The minimum absolute atomic E-state index is 0.0377. The third-order valence-electron chi connectivity index (χ3n) is 12.4. The second-order valence-corrected chi connectivity index (χ2v) is 15.9. The van der Waals surface area contributed by atoms with E-state index < -0.39 is 0 Å². The van der Waals surface area contributed by atoms with Gasteiger partial charge in [0, 0.05) is 44.5 Å². The Morgan fingerprint density at radius 2 is 1.28 bits per heavy atom. The van der Waals surface area contributed by atoms with Crippen LogP contribution in [-0.4, -0.2) is 25.6 Å². The van der Waals surface area contributed by atoms with Crippen LogP contribution in [0, 0.1) is 0 Å². The zero-order valence-corrected chi connectivity index (χ0v) is 31.5. The first-order valence-corrected chi connectivity index (χ1v) is 19.7. The molecule has 3 aliphatic rings. The Hall–Kier alpha value is -7.11. The maximum absolute atomic E-state index is 6.58. The van der Waals surface area contributed by atoms with Crippen molar-refractivity contribution >= 4 is 32.6 Å². The number of fused-ring (bicyclic) bond motifs is 11. The number of nitrogens with zero attached hydrogens (tertiary/aromatic N) is 4. The summed E-state index contributed by atoms with van der Waals surface area (Å²) in [5, 5.41) is 5.04. The van der Waals surface area contributed by atoms with Crippen molar-refractivity contribution in [1.29, 1.82) is 0 Å². The summed E-state index contributed by atoms with van der Waals surface area (Å²) >= 11 is 0. The average Bonchev–Trinajstić information content (AvgIpc) is 3.88. The van der Waals surface area contributed by atoms with Gasteiger partial charge in [0.15, 0.2) is 17.5 Å². The van der Waals surface area contributed by atoms with E-state index >= 15 is 0 Å². The maximum atomic E-state index is 6.58. The standard InChI is InChI=1S/C52H36N4O/c1-52(2)42-27-26-31-14-6-7-19-35(31)47(42)41-29-40-36-20-8-10-24-44(36)56(45(40)30-43(41)52)34-18-12-17-33(28-34)50-53-49(32-15-4-3-5-16-32)54-51(55-50)39-23-13-22-38-37-21-9-11-25-46(37)57-48(38)39/h3-30,37,46H,1-2H3. The van der Waals surface area contributed by atoms with Crippen LogP contribution in [0.15, 0.2) is 170 Å². The highest BCUT2D eigenvalue weighted by atomic mass is 16.5. The van der Waals surface area contributed by atoms with Crippen LogP contribution in [0.5, 0.6) is 5.75 Å². The molecule has 0 spiro atoms. The predicted octanol–water partition coefficient (Wildman–Crippen LogP) is 12.4. The summed E-state index contributed by atoms with van der Waals surface area (Å²) in [6, 6.07) is 52.1. The summed E-state index contributed by atoms with van der Waals surface area (Å²) in [4.78, 5) is 15.4. The van der Waals surface area contributed by atoms with Gasteiger partial charge in [-0.05, 0) is 75.5 Å². The van der Waals surface area contributed by atoms with Gasteiger partial charge in [0.05, 0.1) is 16.6 Å². The van der Waals surface area contributed by atoms with Crippen LogP contribution in [0.25, 0.3) is 83.6 Å². The van der Waals surface area contributed by atoms with E-state index in [0.717, 1.165) is 39.2 Å². The Morgan fingerprint density at radius 1 is 0.544 bits per heavy atom. The minimum Gasteiger partial charge on any atom is -0.484 e. The molecular formula is C52H36N4O. The van der Waals surface area contributed by atoms with E-state index in [4.69, 9.17) is 19.7 Å². The van der Waals surface area contributed by atoms with Crippen LogP contribution >= 0.6 is 0 Å². The van der Waals surface area contributed by atoms with Crippen LogP contribution in [0.2, 0.25) is 0 Å². The van der Waals surface area contributed by atoms with Gasteiger partial charge < -0.3 is 9.30 Å². The van der Waals surface area contributed by atoms with Crippen molar-refractivity contribution in [3.63, 3.8) is 0 Å². The van der Waals surface area contributed by atoms with Gasteiger partial charge in [0.25, 0.3) is 0 Å². The number of hydrogen-bond acceptors (Lipinski definition) is 4. The molecule has 0 saturated carbocycles. The minimum atomic E-state index is -0.160. The molecule has 12 rings (SSSR count). The van der Waals surface area contributed by atoms with Crippen LogP contribution in [-0.2, 0) is 5.41 Å².